The fourth-order valence-corrected chi connectivity index (χ4v) is 2.83. The van der Waals surface area contributed by atoms with Gasteiger partial charge >= 0.3 is 0 Å². The molecule has 0 unspecified atom stereocenters. The van der Waals surface area contributed by atoms with Gasteiger partial charge in [-0.1, -0.05) is 12.1 Å². The quantitative estimate of drug-likeness (QED) is 0.471. The Labute approximate surface area is 168 Å². The summed E-state index contributed by atoms with van der Waals surface area (Å²) in [6.45, 7) is 3.95. The number of hydrogen-bond acceptors (Lipinski definition) is 5. The standard InChI is InChI=1S/C22H20N6O/c1-14-15(2)26-20(25-14)17-5-3-6-19(13-17)27-21(29)16-7-9-18(10-8-16)28-22-23-11-4-12-24-22/h3-13H,1-2H3,(H,25,26)(H,27,29)(H,23,24,28). The van der Waals surface area contributed by atoms with E-state index in [1.54, 1.807) is 30.6 Å². The Balaban J connectivity index is 1.46. The zero-order valence-corrected chi connectivity index (χ0v) is 16.1. The molecular weight excluding hydrogens is 364 g/mol. The van der Waals surface area contributed by atoms with Gasteiger partial charge in [0.25, 0.3) is 5.91 Å². The molecule has 144 valence electrons. The second kappa shape index (κ2) is 7.93. The maximum absolute atomic E-state index is 12.6. The smallest absolute Gasteiger partial charge is 0.255 e. The fraction of sp³-hybridized carbons (Fsp3) is 0.0909. The molecule has 4 aromatic rings. The van der Waals surface area contributed by atoms with Gasteiger partial charge in [-0.15, -0.1) is 0 Å². The van der Waals surface area contributed by atoms with Crippen molar-refractivity contribution in [3.8, 4) is 11.4 Å². The molecule has 2 heterocycles. The lowest BCUT2D eigenvalue weighted by Crippen LogP contribution is -2.11. The molecule has 0 radical (unpaired) electrons. The number of aromatic amines is 1. The minimum Gasteiger partial charge on any atom is -0.342 e. The van der Waals surface area contributed by atoms with Crippen molar-refractivity contribution in [3.63, 3.8) is 0 Å². The molecule has 2 aromatic heterocycles. The van der Waals surface area contributed by atoms with Gasteiger partial charge in [-0.25, -0.2) is 15.0 Å². The molecular formula is C22H20N6O. The van der Waals surface area contributed by atoms with Crippen molar-refractivity contribution in [2.24, 2.45) is 0 Å². The van der Waals surface area contributed by atoms with Crippen LogP contribution in [0.3, 0.4) is 0 Å². The van der Waals surface area contributed by atoms with Crippen molar-refractivity contribution < 1.29 is 4.79 Å². The number of carbonyl (C=O) groups is 1. The molecule has 0 saturated carbocycles. The van der Waals surface area contributed by atoms with Crippen LogP contribution in [0.1, 0.15) is 21.7 Å². The SMILES string of the molecule is Cc1nc(-c2cccc(NC(=O)c3ccc(Nc4ncccn4)cc3)c2)[nH]c1C. The molecule has 0 aliphatic heterocycles. The molecule has 29 heavy (non-hydrogen) atoms. The predicted molar refractivity (Wildman–Crippen MR) is 113 cm³/mol. The average Bonchev–Trinajstić information content (AvgIpc) is 3.08. The number of rotatable bonds is 5. The predicted octanol–water partition coefficient (Wildman–Crippen LogP) is 4.48. The highest BCUT2D eigenvalue weighted by molar-refractivity contribution is 6.04. The topological polar surface area (TPSA) is 95.6 Å². The van der Waals surface area contributed by atoms with Gasteiger partial charge in [-0.05, 0) is 56.3 Å². The zero-order valence-electron chi connectivity index (χ0n) is 16.1. The molecule has 0 aliphatic carbocycles. The van der Waals surface area contributed by atoms with Crippen molar-refractivity contribution in [1.82, 2.24) is 19.9 Å². The van der Waals surface area contributed by atoms with E-state index in [0.29, 0.717) is 17.2 Å². The Morgan fingerprint density at radius 3 is 2.38 bits per heavy atom. The summed E-state index contributed by atoms with van der Waals surface area (Å²) >= 11 is 0. The minimum atomic E-state index is -0.184. The zero-order chi connectivity index (χ0) is 20.2. The highest BCUT2D eigenvalue weighted by atomic mass is 16.1. The van der Waals surface area contributed by atoms with Crippen LogP contribution in [0, 0.1) is 13.8 Å². The van der Waals surface area contributed by atoms with E-state index in [0.717, 1.165) is 28.5 Å². The van der Waals surface area contributed by atoms with Crippen LogP contribution in [0.25, 0.3) is 11.4 Å². The first-order chi connectivity index (χ1) is 14.1. The summed E-state index contributed by atoms with van der Waals surface area (Å²) in [5.41, 5.74) is 4.98. The van der Waals surface area contributed by atoms with Crippen LogP contribution in [0.5, 0.6) is 0 Å². The molecule has 0 atom stereocenters. The van der Waals surface area contributed by atoms with E-state index in [1.165, 1.54) is 0 Å². The third kappa shape index (κ3) is 4.30. The van der Waals surface area contributed by atoms with Crippen LogP contribution in [0.4, 0.5) is 17.3 Å². The number of carbonyl (C=O) groups excluding carboxylic acids is 1. The van der Waals surface area contributed by atoms with Gasteiger partial charge in [0.05, 0.1) is 5.69 Å². The number of nitrogens with one attached hydrogen (secondary N) is 3. The van der Waals surface area contributed by atoms with E-state index in [1.807, 2.05) is 50.2 Å². The summed E-state index contributed by atoms with van der Waals surface area (Å²) in [7, 11) is 0. The molecule has 0 saturated heterocycles. The van der Waals surface area contributed by atoms with Crippen LogP contribution in [-0.4, -0.2) is 25.8 Å². The Kier molecular flexibility index (Phi) is 5.03. The molecule has 0 bridgehead atoms. The normalized spacial score (nSPS) is 10.6. The number of aromatic nitrogens is 4. The van der Waals surface area contributed by atoms with Crippen molar-refractivity contribution in [3.05, 3.63) is 83.9 Å². The number of aryl methyl sites for hydroxylation is 2. The second-order valence-electron chi connectivity index (χ2n) is 6.61. The first-order valence-corrected chi connectivity index (χ1v) is 9.17. The maximum atomic E-state index is 12.6. The van der Waals surface area contributed by atoms with Gasteiger partial charge in [0, 0.05) is 40.6 Å². The lowest BCUT2D eigenvalue weighted by molar-refractivity contribution is 0.102. The molecule has 7 nitrogen and oxygen atoms in total. The van der Waals surface area contributed by atoms with Gasteiger partial charge in [-0.2, -0.15) is 0 Å². The monoisotopic (exact) mass is 384 g/mol. The van der Waals surface area contributed by atoms with Crippen LogP contribution < -0.4 is 10.6 Å². The first-order valence-electron chi connectivity index (χ1n) is 9.17. The number of hydrogen-bond donors (Lipinski definition) is 3. The van der Waals surface area contributed by atoms with Gasteiger partial charge in [0.15, 0.2) is 0 Å². The van der Waals surface area contributed by atoms with Crippen LogP contribution in [-0.2, 0) is 0 Å². The van der Waals surface area contributed by atoms with Crippen LogP contribution >= 0.6 is 0 Å². The van der Waals surface area contributed by atoms with Crippen LogP contribution in [0.2, 0.25) is 0 Å². The van der Waals surface area contributed by atoms with E-state index in [9.17, 15) is 4.79 Å². The summed E-state index contributed by atoms with van der Waals surface area (Å²) in [5.74, 6) is 1.11. The van der Waals surface area contributed by atoms with Crippen LogP contribution in [0.15, 0.2) is 67.0 Å². The highest BCUT2D eigenvalue weighted by Crippen LogP contribution is 2.22. The van der Waals surface area contributed by atoms with Gasteiger partial charge in [0.1, 0.15) is 5.82 Å². The molecule has 0 spiro atoms. The Morgan fingerprint density at radius 1 is 0.931 bits per heavy atom. The summed E-state index contributed by atoms with van der Waals surface area (Å²) in [6.07, 6.45) is 3.33. The first kappa shape index (κ1) is 18.4. The fourth-order valence-electron chi connectivity index (χ4n) is 2.83. The summed E-state index contributed by atoms with van der Waals surface area (Å²) in [5, 5.41) is 6.02. The lowest BCUT2D eigenvalue weighted by atomic mass is 10.1. The number of nitrogens with zero attached hydrogens (tertiary/aromatic N) is 3. The molecule has 7 heteroatoms. The highest BCUT2D eigenvalue weighted by Gasteiger charge is 2.09. The molecule has 1 amide bonds. The third-order valence-corrected chi connectivity index (χ3v) is 4.49. The van der Waals surface area contributed by atoms with E-state index in [4.69, 9.17) is 0 Å². The van der Waals surface area contributed by atoms with Gasteiger partial charge in [-0.3, -0.25) is 4.79 Å². The van der Waals surface area contributed by atoms with Crippen molar-refractivity contribution >= 4 is 23.2 Å². The number of benzene rings is 2. The Morgan fingerprint density at radius 2 is 1.69 bits per heavy atom. The minimum absolute atomic E-state index is 0.184. The number of anilines is 3. The summed E-state index contributed by atoms with van der Waals surface area (Å²) in [4.78, 5) is 28.6. The maximum Gasteiger partial charge on any atom is 0.255 e. The third-order valence-electron chi connectivity index (χ3n) is 4.49. The van der Waals surface area contributed by atoms with Gasteiger partial charge < -0.3 is 15.6 Å². The summed E-state index contributed by atoms with van der Waals surface area (Å²) < 4.78 is 0. The summed E-state index contributed by atoms with van der Waals surface area (Å²) in [6, 6.07) is 16.5. The van der Waals surface area contributed by atoms with E-state index < -0.39 is 0 Å². The Hall–Kier alpha value is -4.00. The largest absolute Gasteiger partial charge is 0.342 e. The van der Waals surface area contributed by atoms with E-state index in [2.05, 4.69) is 30.6 Å². The molecule has 2 aromatic carbocycles. The molecule has 3 N–H and O–H groups in total. The van der Waals surface area contributed by atoms with Gasteiger partial charge in [0.2, 0.25) is 5.95 Å². The molecule has 4 rings (SSSR count). The number of imidazole rings is 1. The second-order valence-corrected chi connectivity index (χ2v) is 6.61. The number of H-pyrrole nitrogens is 1. The lowest BCUT2D eigenvalue weighted by Gasteiger charge is -2.08. The molecule has 0 aliphatic rings. The van der Waals surface area contributed by atoms with Crippen molar-refractivity contribution in [2.45, 2.75) is 13.8 Å². The average molecular weight is 384 g/mol. The Bertz CT molecular complexity index is 1120. The molecule has 0 fully saturated rings. The van der Waals surface area contributed by atoms with Crippen molar-refractivity contribution in [2.75, 3.05) is 10.6 Å². The van der Waals surface area contributed by atoms with E-state index >= 15 is 0 Å². The van der Waals surface area contributed by atoms with Crippen molar-refractivity contribution in [1.29, 1.82) is 0 Å². The number of amides is 1. The van der Waals surface area contributed by atoms with E-state index in [-0.39, 0.29) is 5.91 Å².